The van der Waals surface area contributed by atoms with E-state index in [-0.39, 0.29) is 26.4 Å². The molecule has 3 aromatic carbocycles. The highest BCUT2D eigenvalue weighted by Crippen LogP contribution is 2.62. The topological polar surface area (TPSA) is 155 Å². The van der Waals surface area contributed by atoms with Gasteiger partial charge in [-0.2, -0.15) is 0 Å². The Bertz CT molecular complexity index is 2020. The van der Waals surface area contributed by atoms with E-state index in [4.69, 9.17) is 42.0 Å². The minimum atomic E-state index is -3.48. The SMILES string of the molecule is COCOCC[C@]12O[C@H](CO[Si](c3ccccc3)(c3ccccc3)C(C)(C)C)[C@](O[Si](C)(C)C)(C(=O)OC(C)(C)C)[C@](C(=O)OC(C)(C)C)(O1)[C@H](OCc1ccccc1)[C@@]2(O)C(C)=O. The number of ether oxygens (including phenoxy) is 7. The summed E-state index contributed by atoms with van der Waals surface area (Å²) < 4.78 is 59.5. The van der Waals surface area contributed by atoms with Gasteiger partial charge < -0.3 is 47.1 Å². The summed E-state index contributed by atoms with van der Waals surface area (Å²) in [4.78, 5) is 46.5. The van der Waals surface area contributed by atoms with Gasteiger partial charge in [0.05, 0.1) is 19.8 Å². The highest BCUT2D eigenvalue weighted by atomic mass is 28.4. The molecule has 6 atom stereocenters. The van der Waals surface area contributed by atoms with Crippen LogP contribution in [0, 0.1) is 0 Å². The quantitative estimate of drug-likeness (QED) is 0.0630. The van der Waals surface area contributed by atoms with Crippen LogP contribution in [0.4, 0.5) is 0 Å². The van der Waals surface area contributed by atoms with Crippen LogP contribution in [0.15, 0.2) is 91.0 Å². The van der Waals surface area contributed by atoms with Crippen molar-refractivity contribution in [3.05, 3.63) is 96.6 Å². The van der Waals surface area contributed by atoms with Crippen LogP contribution in [-0.4, -0.2) is 113 Å². The van der Waals surface area contributed by atoms with Gasteiger partial charge in [0.15, 0.2) is 14.1 Å². The fraction of sp³-hybridized carbons (Fsp3) is 0.571. The van der Waals surface area contributed by atoms with Crippen LogP contribution in [0.1, 0.15) is 81.2 Å². The Labute approximate surface area is 381 Å². The molecule has 0 saturated carbocycles. The van der Waals surface area contributed by atoms with Gasteiger partial charge in [-0.25, -0.2) is 9.59 Å². The molecule has 2 bridgehead atoms. The predicted molar refractivity (Wildman–Crippen MR) is 247 cm³/mol. The number of fused-ring (bicyclic) bond motifs is 2. The van der Waals surface area contributed by atoms with Gasteiger partial charge in [-0.05, 0) is 89.1 Å². The third kappa shape index (κ3) is 9.76. The van der Waals surface area contributed by atoms with Crippen molar-refractivity contribution in [1.82, 2.24) is 0 Å². The van der Waals surface area contributed by atoms with Crippen molar-refractivity contribution < 1.29 is 61.5 Å². The average Bonchev–Trinajstić information content (AvgIpc) is 3.39. The number of ketones is 1. The summed E-state index contributed by atoms with van der Waals surface area (Å²) in [6.07, 6.45) is -4.01. The molecule has 0 spiro atoms. The molecule has 0 unspecified atom stereocenters. The van der Waals surface area contributed by atoms with Gasteiger partial charge in [-0.3, -0.25) is 4.79 Å². The highest BCUT2D eigenvalue weighted by molar-refractivity contribution is 6.99. The second-order valence-electron chi connectivity index (χ2n) is 20.7. The van der Waals surface area contributed by atoms with E-state index in [0.717, 1.165) is 17.3 Å². The Kier molecular flexibility index (Phi) is 15.2. The van der Waals surface area contributed by atoms with E-state index in [9.17, 15) is 9.90 Å². The normalized spacial score (nSPS) is 26.4. The van der Waals surface area contributed by atoms with Crippen molar-refractivity contribution in [2.24, 2.45) is 0 Å². The molecule has 0 aromatic heterocycles. The molecule has 15 heteroatoms. The second kappa shape index (κ2) is 18.9. The van der Waals surface area contributed by atoms with E-state index >= 15 is 9.59 Å². The van der Waals surface area contributed by atoms with Gasteiger partial charge in [0, 0.05) is 13.5 Å². The van der Waals surface area contributed by atoms with Crippen LogP contribution in [0.5, 0.6) is 0 Å². The minimum Gasteiger partial charge on any atom is -0.458 e. The summed E-state index contributed by atoms with van der Waals surface area (Å²) in [6.45, 7) is 22.0. The Morgan fingerprint density at radius 2 is 1.25 bits per heavy atom. The summed E-state index contributed by atoms with van der Waals surface area (Å²) in [5.41, 5.74) is -10.1. The molecule has 2 aliphatic heterocycles. The molecular formula is C49H70O13Si2. The minimum absolute atomic E-state index is 0.152. The molecule has 0 aliphatic carbocycles. The van der Waals surface area contributed by atoms with Crippen molar-refractivity contribution in [1.29, 1.82) is 0 Å². The van der Waals surface area contributed by atoms with Crippen molar-refractivity contribution in [3.8, 4) is 0 Å². The summed E-state index contributed by atoms with van der Waals surface area (Å²) in [7, 11) is -5.18. The molecule has 13 nitrogen and oxygen atoms in total. The van der Waals surface area contributed by atoms with E-state index in [1.807, 2.05) is 86.4 Å². The Balaban J connectivity index is 1.95. The first-order valence-corrected chi connectivity index (χ1v) is 27.2. The summed E-state index contributed by atoms with van der Waals surface area (Å²) in [6, 6.07) is 28.8. The van der Waals surface area contributed by atoms with Gasteiger partial charge in [-0.15, -0.1) is 0 Å². The molecule has 352 valence electrons. The smallest absolute Gasteiger partial charge is 0.345 e. The van der Waals surface area contributed by atoms with E-state index in [2.05, 4.69) is 20.8 Å². The van der Waals surface area contributed by atoms with Gasteiger partial charge in [0.1, 0.15) is 30.2 Å². The number of Topliss-reactive ketones (excluding diaryl/α,β-unsaturated/α-hetero) is 1. The van der Waals surface area contributed by atoms with Gasteiger partial charge in [0.2, 0.25) is 22.6 Å². The third-order valence-electron chi connectivity index (χ3n) is 11.3. The van der Waals surface area contributed by atoms with Crippen LogP contribution < -0.4 is 10.4 Å². The molecule has 2 aliphatic rings. The Hall–Kier alpha value is -3.62. The maximum absolute atomic E-state index is 16.0. The summed E-state index contributed by atoms with van der Waals surface area (Å²) in [5, 5.41) is 14.8. The number of hydrogen-bond donors (Lipinski definition) is 1. The third-order valence-corrected chi connectivity index (χ3v) is 17.2. The molecular weight excluding hydrogens is 853 g/mol. The average molecular weight is 923 g/mol. The number of esters is 2. The van der Waals surface area contributed by atoms with Gasteiger partial charge in [-0.1, -0.05) is 112 Å². The largest absolute Gasteiger partial charge is 0.458 e. The number of rotatable bonds is 18. The van der Waals surface area contributed by atoms with Crippen LogP contribution in [0.3, 0.4) is 0 Å². The van der Waals surface area contributed by atoms with Gasteiger partial charge >= 0.3 is 11.9 Å². The monoisotopic (exact) mass is 922 g/mol. The standard InChI is InChI=1S/C49H70O13Si2/c1-35(50)47(53)40(56-32-36-24-18-15-19-25-36)49(42(52)60-44(5,6)7)48(62-63(12,13)14,41(51)59-43(2,3)4)39(58-46(47,61-49)30-31-55-34-54-11)33-57-64(45(8,9)10,37-26-20-16-21-27-37)38-28-22-17-23-29-38/h15-29,39-40,53H,30-34H2,1-14H3/t39-,40-,46+,47+,48+,49+/m1/s1. The zero-order valence-electron chi connectivity index (χ0n) is 40.2. The lowest BCUT2D eigenvalue weighted by atomic mass is 9.70. The maximum Gasteiger partial charge on any atom is 0.345 e. The molecule has 2 saturated heterocycles. The van der Waals surface area contributed by atoms with Crippen LogP contribution in [-0.2, 0) is 63.0 Å². The summed E-state index contributed by atoms with van der Waals surface area (Å²) in [5.74, 6) is -5.52. The summed E-state index contributed by atoms with van der Waals surface area (Å²) >= 11 is 0. The van der Waals surface area contributed by atoms with E-state index in [1.165, 1.54) is 7.11 Å². The van der Waals surface area contributed by atoms with Crippen LogP contribution in [0.2, 0.25) is 24.7 Å². The van der Waals surface area contributed by atoms with Crippen LogP contribution in [0.25, 0.3) is 0 Å². The molecule has 1 N–H and O–H groups in total. The van der Waals surface area contributed by atoms with Gasteiger partial charge in [0.25, 0.3) is 8.32 Å². The fourth-order valence-corrected chi connectivity index (χ4v) is 14.9. The lowest BCUT2D eigenvalue weighted by Crippen LogP contribution is -2.81. The molecule has 64 heavy (non-hydrogen) atoms. The molecule has 0 amide bonds. The molecule has 2 fully saturated rings. The molecule has 5 rings (SSSR count). The van der Waals surface area contributed by atoms with Crippen LogP contribution >= 0.6 is 0 Å². The number of aliphatic hydroxyl groups is 1. The zero-order chi connectivity index (χ0) is 47.6. The first-order chi connectivity index (χ1) is 29.7. The first-order valence-electron chi connectivity index (χ1n) is 21.9. The van der Waals surface area contributed by atoms with Crippen molar-refractivity contribution in [3.63, 3.8) is 0 Å². The van der Waals surface area contributed by atoms with E-state index in [1.54, 1.807) is 65.8 Å². The lowest BCUT2D eigenvalue weighted by Gasteiger charge is -2.56. The second-order valence-corrected chi connectivity index (χ2v) is 29.4. The van der Waals surface area contributed by atoms with Crippen molar-refractivity contribution in [2.45, 2.75) is 153 Å². The molecule has 0 radical (unpaired) electrons. The lowest BCUT2D eigenvalue weighted by molar-refractivity contribution is -0.389. The Morgan fingerprint density at radius 1 is 0.750 bits per heavy atom. The number of hydrogen-bond acceptors (Lipinski definition) is 13. The van der Waals surface area contributed by atoms with E-state index < -0.39 is 92.0 Å². The highest BCUT2D eigenvalue weighted by Gasteiger charge is 2.91. The Morgan fingerprint density at radius 3 is 1.70 bits per heavy atom. The number of methoxy groups -OCH3 is 1. The predicted octanol–water partition coefficient (Wildman–Crippen LogP) is 6.62. The van der Waals surface area contributed by atoms with Crippen molar-refractivity contribution in [2.75, 3.05) is 27.1 Å². The molecule has 2 heterocycles. The number of benzene rings is 3. The van der Waals surface area contributed by atoms with E-state index in [0.29, 0.717) is 5.56 Å². The van der Waals surface area contributed by atoms with Crippen molar-refractivity contribution >= 4 is 44.7 Å². The maximum atomic E-state index is 16.0. The first kappa shape index (κ1) is 51.4. The molecule has 3 aromatic rings. The number of carbonyl (C=O) groups is 3. The zero-order valence-corrected chi connectivity index (χ0v) is 42.2. The number of carbonyl (C=O) groups excluding carboxylic acids is 3. The fourth-order valence-electron chi connectivity index (χ4n) is 8.99.